The zero-order valence-corrected chi connectivity index (χ0v) is 9.87. The first-order valence-corrected chi connectivity index (χ1v) is 5.34. The smallest absolute Gasteiger partial charge is 0.280 e. The SMILES string of the molecule is C#CCn1c(=O)n(CC#C)c2cc([N+](=O)[O-])ccc21. The Morgan fingerprint density at radius 2 is 1.74 bits per heavy atom. The molecule has 0 aliphatic carbocycles. The molecular weight excluding hydrogens is 246 g/mol. The average molecular weight is 255 g/mol. The average Bonchev–Trinajstić information content (AvgIpc) is 2.64. The number of terminal acetylenes is 2. The van der Waals surface area contributed by atoms with E-state index in [1.54, 1.807) is 0 Å². The predicted octanol–water partition coefficient (Wildman–Crippen LogP) is 0.978. The Labute approximate surface area is 108 Å². The lowest BCUT2D eigenvalue weighted by Gasteiger charge is -1.97. The number of aromatic nitrogens is 2. The van der Waals surface area contributed by atoms with Gasteiger partial charge in [0.05, 0.1) is 29.0 Å². The van der Waals surface area contributed by atoms with Gasteiger partial charge in [-0.15, -0.1) is 12.8 Å². The molecule has 0 spiro atoms. The van der Waals surface area contributed by atoms with Crippen molar-refractivity contribution in [2.45, 2.75) is 13.1 Å². The second kappa shape index (κ2) is 4.71. The van der Waals surface area contributed by atoms with E-state index in [0.717, 1.165) is 0 Å². The molecule has 0 N–H and O–H groups in total. The minimum atomic E-state index is -0.525. The lowest BCUT2D eigenvalue weighted by molar-refractivity contribution is -0.384. The van der Waals surface area contributed by atoms with Gasteiger partial charge in [0, 0.05) is 12.1 Å². The van der Waals surface area contributed by atoms with Crippen LogP contribution in [-0.2, 0) is 13.1 Å². The maximum absolute atomic E-state index is 12.1. The van der Waals surface area contributed by atoms with Gasteiger partial charge in [-0.05, 0) is 6.07 Å². The summed E-state index contributed by atoms with van der Waals surface area (Å²) in [6.07, 6.45) is 10.4. The maximum atomic E-state index is 12.1. The van der Waals surface area contributed by atoms with E-state index < -0.39 is 4.92 Å². The van der Waals surface area contributed by atoms with Crippen LogP contribution in [0.1, 0.15) is 0 Å². The highest BCUT2D eigenvalue weighted by molar-refractivity contribution is 5.79. The number of fused-ring (bicyclic) bond motifs is 1. The number of hydrogen-bond donors (Lipinski definition) is 0. The van der Waals surface area contributed by atoms with Crippen LogP contribution in [0.3, 0.4) is 0 Å². The summed E-state index contributed by atoms with van der Waals surface area (Å²) < 4.78 is 2.65. The number of hydrogen-bond acceptors (Lipinski definition) is 3. The maximum Gasteiger partial charge on any atom is 0.330 e. The molecule has 0 unspecified atom stereocenters. The molecular formula is C13H9N3O3. The number of nitro groups is 1. The number of rotatable bonds is 3. The van der Waals surface area contributed by atoms with E-state index in [1.807, 2.05) is 0 Å². The highest BCUT2D eigenvalue weighted by Gasteiger charge is 2.15. The van der Waals surface area contributed by atoms with Crippen LogP contribution in [0.2, 0.25) is 0 Å². The van der Waals surface area contributed by atoms with E-state index >= 15 is 0 Å². The van der Waals surface area contributed by atoms with Gasteiger partial charge < -0.3 is 0 Å². The van der Waals surface area contributed by atoms with Crippen molar-refractivity contribution >= 4 is 16.7 Å². The summed E-state index contributed by atoms with van der Waals surface area (Å²) in [6.45, 7) is 0.124. The first-order chi connectivity index (χ1) is 9.10. The number of nitro benzene ring substituents is 1. The van der Waals surface area contributed by atoms with Gasteiger partial charge >= 0.3 is 5.69 Å². The summed E-state index contributed by atoms with van der Waals surface area (Å²) in [6, 6.07) is 4.15. The lowest BCUT2D eigenvalue weighted by Crippen LogP contribution is -2.23. The zero-order valence-electron chi connectivity index (χ0n) is 9.87. The molecule has 2 aromatic rings. The normalized spacial score (nSPS) is 10.0. The number of non-ortho nitro benzene ring substituents is 1. The van der Waals surface area contributed by atoms with E-state index in [4.69, 9.17) is 12.8 Å². The van der Waals surface area contributed by atoms with Crippen LogP contribution >= 0.6 is 0 Å². The Bertz CT molecular complexity index is 799. The fourth-order valence-corrected chi connectivity index (χ4v) is 1.91. The molecule has 0 saturated carbocycles. The molecule has 6 heteroatoms. The monoisotopic (exact) mass is 255 g/mol. The second-order valence-corrected chi connectivity index (χ2v) is 3.79. The predicted molar refractivity (Wildman–Crippen MR) is 70.5 cm³/mol. The zero-order chi connectivity index (χ0) is 14.0. The third-order valence-corrected chi connectivity index (χ3v) is 2.71. The highest BCUT2D eigenvalue weighted by atomic mass is 16.6. The van der Waals surface area contributed by atoms with Gasteiger partial charge in [0.15, 0.2) is 0 Å². The Kier molecular flexibility index (Phi) is 3.09. The number of imidazole rings is 1. The Morgan fingerprint density at radius 1 is 1.16 bits per heavy atom. The molecule has 1 aromatic heterocycles. The topological polar surface area (TPSA) is 70.1 Å². The molecule has 6 nitrogen and oxygen atoms in total. The number of nitrogens with zero attached hydrogens (tertiary/aromatic N) is 3. The molecule has 0 aliphatic heterocycles. The van der Waals surface area contributed by atoms with Gasteiger partial charge in [0.25, 0.3) is 5.69 Å². The summed E-state index contributed by atoms with van der Waals surface area (Å²) >= 11 is 0. The quantitative estimate of drug-likeness (QED) is 0.466. The van der Waals surface area contributed by atoms with Gasteiger partial charge in [-0.25, -0.2) is 4.79 Å². The van der Waals surface area contributed by atoms with E-state index in [1.165, 1.54) is 27.3 Å². The third kappa shape index (κ3) is 1.96. The second-order valence-electron chi connectivity index (χ2n) is 3.79. The highest BCUT2D eigenvalue weighted by Crippen LogP contribution is 2.20. The number of benzene rings is 1. The molecule has 0 amide bonds. The van der Waals surface area contributed by atoms with Gasteiger partial charge in [-0.2, -0.15) is 0 Å². The van der Waals surface area contributed by atoms with Gasteiger partial charge in [-0.1, -0.05) is 11.8 Å². The standard InChI is InChI=1S/C13H9N3O3/c1-3-7-14-11-6-5-10(16(18)19)9-12(11)15(8-4-2)13(14)17/h1-2,5-6,9H,7-8H2. The summed E-state index contributed by atoms with van der Waals surface area (Å²) in [4.78, 5) is 22.4. The molecule has 1 heterocycles. The van der Waals surface area contributed by atoms with Crippen LogP contribution in [0.25, 0.3) is 11.0 Å². The Balaban J connectivity index is 2.83. The Morgan fingerprint density at radius 3 is 2.26 bits per heavy atom. The van der Waals surface area contributed by atoms with Crippen molar-refractivity contribution in [3.8, 4) is 24.7 Å². The van der Waals surface area contributed by atoms with Crippen molar-refractivity contribution in [3.05, 3.63) is 38.8 Å². The van der Waals surface area contributed by atoms with Gasteiger partial charge in [-0.3, -0.25) is 19.2 Å². The minimum absolute atomic E-state index is 0.0358. The van der Waals surface area contributed by atoms with E-state index in [-0.39, 0.29) is 24.5 Å². The summed E-state index contributed by atoms with van der Waals surface area (Å²) in [7, 11) is 0. The first-order valence-electron chi connectivity index (χ1n) is 5.34. The van der Waals surface area contributed by atoms with Crippen molar-refractivity contribution in [3.63, 3.8) is 0 Å². The van der Waals surface area contributed by atoms with Crippen molar-refractivity contribution in [1.82, 2.24) is 9.13 Å². The van der Waals surface area contributed by atoms with E-state index in [0.29, 0.717) is 11.0 Å². The largest absolute Gasteiger partial charge is 0.330 e. The molecule has 19 heavy (non-hydrogen) atoms. The molecule has 0 aliphatic rings. The van der Waals surface area contributed by atoms with Crippen molar-refractivity contribution in [2.24, 2.45) is 0 Å². The molecule has 0 radical (unpaired) electrons. The molecule has 1 aromatic carbocycles. The van der Waals surface area contributed by atoms with Gasteiger partial charge in [0.1, 0.15) is 0 Å². The summed E-state index contributed by atoms with van der Waals surface area (Å²) in [5, 5.41) is 10.8. The van der Waals surface area contributed by atoms with Crippen LogP contribution in [-0.4, -0.2) is 14.1 Å². The van der Waals surface area contributed by atoms with E-state index in [2.05, 4.69) is 11.8 Å². The fraction of sp³-hybridized carbons (Fsp3) is 0.154. The van der Waals surface area contributed by atoms with E-state index in [9.17, 15) is 14.9 Å². The molecule has 0 atom stereocenters. The van der Waals surface area contributed by atoms with Crippen LogP contribution in [0.5, 0.6) is 0 Å². The van der Waals surface area contributed by atoms with Gasteiger partial charge in [0.2, 0.25) is 0 Å². The van der Waals surface area contributed by atoms with Crippen LogP contribution < -0.4 is 5.69 Å². The van der Waals surface area contributed by atoms with Crippen LogP contribution in [0.15, 0.2) is 23.0 Å². The molecule has 0 bridgehead atoms. The van der Waals surface area contributed by atoms with Crippen molar-refractivity contribution in [1.29, 1.82) is 0 Å². The van der Waals surface area contributed by atoms with Crippen LogP contribution in [0, 0.1) is 34.8 Å². The summed E-state index contributed by atoms with van der Waals surface area (Å²) in [5.41, 5.74) is 0.471. The van der Waals surface area contributed by atoms with Crippen molar-refractivity contribution < 1.29 is 4.92 Å². The lowest BCUT2D eigenvalue weighted by atomic mass is 10.2. The molecule has 94 valence electrons. The summed E-state index contributed by atoms with van der Waals surface area (Å²) in [5.74, 6) is 4.72. The fourth-order valence-electron chi connectivity index (χ4n) is 1.91. The van der Waals surface area contributed by atoms with Crippen LogP contribution in [0.4, 0.5) is 5.69 Å². The Hall–Kier alpha value is -2.99. The first kappa shape index (κ1) is 12.5. The molecule has 0 fully saturated rings. The molecule has 0 saturated heterocycles. The third-order valence-electron chi connectivity index (χ3n) is 2.71. The van der Waals surface area contributed by atoms with Crippen molar-refractivity contribution in [2.75, 3.05) is 0 Å². The molecule has 2 rings (SSSR count). The minimum Gasteiger partial charge on any atom is -0.280 e.